The highest BCUT2D eigenvalue weighted by Crippen LogP contribution is 2.29. The van der Waals surface area contributed by atoms with Gasteiger partial charge in [0, 0.05) is 24.7 Å². The highest BCUT2D eigenvalue weighted by Gasteiger charge is 2.15. The Bertz CT molecular complexity index is 597. The van der Waals surface area contributed by atoms with E-state index in [4.69, 9.17) is 16.3 Å². The first-order chi connectivity index (χ1) is 9.78. The molecule has 20 heavy (non-hydrogen) atoms. The molecule has 0 spiro atoms. The third-order valence-corrected chi connectivity index (χ3v) is 3.70. The van der Waals surface area contributed by atoms with Crippen LogP contribution in [-0.4, -0.2) is 35.4 Å². The second-order valence-corrected chi connectivity index (χ2v) is 5.08. The summed E-state index contributed by atoms with van der Waals surface area (Å²) in [7, 11) is 1.57. The fraction of sp³-hybridized carbons (Fsp3) is 0.357. The summed E-state index contributed by atoms with van der Waals surface area (Å²) in [5.74, 6) is 1.43. The van der Waals surface area contributed by atoms with Gasteiger partial charge < -0.3 is 9.64 Å². The lowest BCUT2D eigenvalue weighted by atomic mass is 10.2. The second kappa shape index (κ2) is 5.63. The molecule has 0 radical (unpaired) electrons. The lowest BCUT2D eigenvalue weighted by Crippen LogP contribution is -2.19. The molecule has 104 valence electrons. The van der Waals surface area contributed by atoms with E-state index in [1.165, 1.54) is 12.8 Å². The molecule has 0 bridgehead atoms. The minimum absolute atomic E-state index is 0.509. The number of hydrogen-bond acceptors (Lipinski definition) is 5. The van der Waals surface area contributed by atoms with Gasteiger partial charge in [0.25, 0.3) is 0 Å². The average Bonchev–Trinajstić information content (AvgIpc) is 3.02. The smallest absolute Gasteiger partial charge is 0.213 e. The lowest BCUT2D eigenvalue weighted by molar-refractivity contribution is 0.398. The minimum Gasteiger partial charge on any atom is -0.481 e. The van der Waals surface area contributed by atoms with Crippen LogP contribution in [0.1, 0.15) is 12.8 Å². The fourth-order valence-corrected chi connectivity index (χ4v) is 2.51. The van der Waals surface area contributed by atoms with E-state index in [9.17, 15) is 0 Å². The van der Waals surface area contributed by atoms with Crippen molar-refractivity contribution in [1.29, 1.82) is 0 Å². The molecule has 2 aromatic rings. The lowest BCUT2D eigenvalue weighted by Gasteiger charge is -2.15. The van der Waals surface area contributed by atoms with Crippen molar-refractivity contribution in [1.82, 2.24) is 15.2 Å². The first-order valence-electron chi connectivity index (χ1n) is 6.56. The molecule has 5 nitrogen and oxygen atoms in total. The van der Waals surface area contributed by atoms with E-state index in [-0.39, 0.29) is 0 Å². The number of ether oxygens (including phenoxy) is 1. The van der Waals surface area contributed by atoms with Crippen LogP contribution in [0.15, 0.2) is 24.4 Å². The summed E-state index contributed by atoms with van der Waals surface area (Å²) >= 11 is 6.16. The van der Waals surface area contributed by atoms with Gasteiger partial charge in [-0.05, 0) is 25.0 Å². The normalized spacial score (nSPS) is 14.6. The van der Waals surface area contributed by atoms with Crippen molar-refractivity contribution < 1.29 is 4.74 Å². The molecule has 1 aliphatic heterocycles. The third kappa shape index (κ3) is 2.54. The third-order valence-electron chi connectivity index (χ3n) is 3.40. The molecular formula is C14H15ClN4O. The van der Waals surface area contributed by atoms with Crippen LogP contribution in [-0.2, 0) is 0 Å². The Labute approximate surface area is 122 Å². The minimum atomic E-state index is 0.509. The topological polar surface area (TPSA) is 51.1 Å². The van der Waals surface area contributed by atoms with Crippen LogP contribution in [0.5, 0.6) is 5.88 Å². The van der Waals surface area contributed by atoms with Crippen molar-refractivity contribution in [3.8, 4) is 17.1 Å². The molecule has 0 aliphatic carbocycles. The number of aromatic nitrogens is 3. The molecule has 2 aromatic heterocycles. The van der Waals surface area contributed by atoms with Crippen LogP contribution in [0.25, 0.3) is 11.3 Å². The van der Waals surface area contributed by atoms with E-state index in [0.717, 1.165) is 30.2 Å². The zero-order valence-electron chi connectivity index (χ0n) is 11.2. The number of anilines is 1. The summed E-state index contributed by atoms with van der Waals surface area (Å²) in [4.78, 5) is 6.29. The summed E-state index contributed by atoms with van der Waals surface area (Å²) < 4.78 is 5.11. The summed E-state index contributed by atoms with van der Waals surface area (Å²) in [6.07, 6.45) is 4.00. The van der Waals surface area contributed by atoms with E-state index < -0.39 is 0 Å². The van der Waals surface area contributed by atoms with Gasteiger partial charge in [-0.3, -0.25) is 0 Å². The molecule has 1 fully saturated rings. The first kappa shape index (κ1) is 13.1. The van der Waals surface area contributed by atoms with E-state index in [1.54, 1.807) is 19.4 Å². The fourth-order valence-electron chi connectivity index (χ4n) is 2.31. The van der Waals surface area contributed by atoms with Crippen molar-refractivity contribution in [2.24, 2.45) is 0 Å². The molecule has 0 N–H and O–H groups in total. The number of hydrogen-bond donors (Lipinski definition) is 0. The Morgan fingerprint density at radius 3 is 2.65 bits per heavy atom. The highest BCUT2D eigenvalue weighted by atomic mass is 35.5. The predicted molar refractivity (Wildman–Crippen MR) is 78.3 cm³/mol. The summed E-state index contributed by atoms with van der Waals surface area (Å²) in [6.45, 7) is 2.11. The second-order valence-electron chi connectivity index (χ2n) is 4.68. The molecule has 6 heteroatoms. The number of halogens is 1. The largest absolute Gasteiger partial charge is 0.481 e. The van der Waals surface area contributed by atoms with E-state index in [1.807, 2.05) is 12.1 Å². The summed E-state index contributed by atoms with van der Waals surface area (Å²) in [5.41, 5.74) is 1.50. The van der Waals surface area contributed by atoms with Crippen molar-refractivity contribution in [3.63, 3.8) is 0 Å². The van der Waals surface area contributed by atoms with Crippen LogP contribution < -0.4 is 9.64 Å². The van der Waals surface area contributed by atoms with E-state index in [0.29, 0.717) is 10.9 Å². The monoisotopic (exact) mass is 290 g/mol. The molecule has 0 saturated carbocycles. The van der Waals surface area contributed by atoms with Crippen LogP contribution in [0.4, 0.5) is 5.82 Å². The Morgan fingerprint density at radius 2 is 2.00 bits per heavy atom. The van der Waals surface area contributed by atoms with Gasteiger partial charge in [0.05, 0.1) is 24.0 Å². The van der Waals surface area contributed by atoms with Gasteiger partial charge >= 0.3 is 0 Å². The van der Waals surface area contributed by atoms with Crippen molar-refractivity contribution in [2.75, 3.05) is 25.1 Å². The maximum Gasteiger partial charge on any atom is 0.213 e. The van der Waals surface area contributed by atoms with Crippen LogP contribution in [0.3, 0.4) is 0 Å². The highest BCUT2D eigenvalue weighted by molar-refractivity contribution is 6.33. The van der Waals surface area contributed by atoms with Gasteiger partial charge in [0.2, 0.25) is 5.88 Å². The number of methoxy groups -OCH3 is 1. The molecule has 3 heterocycles. The molecule has 0 aromatic carbocycles. The molecule has 1 aliphatic rings. The van der Waals surface area contributed by atoms with Crippen LogP contribution in [0, 0.1) is 0 Å². The number of nitrogens with zero attached hydrogens (tertiary/aromatic N) is 4. The standard InChI is InChI=1S/C14H15ClN4O/c1-20-14-8-10(11(15)9-16-14)12-4-5-13(18-17-12)19-6-2-3-7-19/h4-5,8-9H,2-3,6-7H2,1H3. The average molecular weight is 291 g/mol. The first-order valence-corrected chi connectivity index (χ1v) is 6.94. The summed E-state index contributed by atoms with van der Waals surface area (Å²) in [6, 6.07) is 5.68. The quantitative estimate of drug-likeness (QED) is 0.870. The molecule has 3 rings (SSSR count). The number of rotatable bonds is 3. The Morgan fingerprint density at radius 1 is 1.20 bits per heavy atom. The molecule has 0 amide bonds. The molecule has 0 atom stereocenters. The zero-order chi connectivity index (χ0) is 13.9. The molecular weight excluding hydrogens is 276 g/mol. The van der Waals surface area contributed by atoms with Crippen LogP contribution >= 0.6 is 11.6 Å². The van der Waals surface area contributed by atoms with E-state index >= 15 is 0 Å². The number of pyridine rings is 1. The maximum atomic E-state index is 6.16. The SMILES string of the molecule is COc1cc(-c2ccc(N3CCCC3)nn2)c(Cl)cn1. The Kier molecular flexibility index (Phi) is 3.69. The van der Waals surface area contributed by atoms with Gasteiger partial charge in [0.15, 0.2) is 5.82 Å². The molecule has 0 unspecified atom stereocenters. The van der Waals surface area contributed by atoms with Gasteiger partial charge in [-0.2, -0.15) is 0 Å². The van der Waals surface area contributed by atoms with Crippen molar-refractivity contribution >= 4 is 17.4 Å². The Hall–Kier alpha value is -1.88. The van der Waals surface area contributed by atoms with E-state index in [2.05, 4.69) is 20.1 Å². The Balaban J connectivity index is 1.90. The summed E-state index contributed by atoms with van der Waals surface area (Å²) in [5, 5.41) is 9.10. The maximum absolute atomic E-state index is 6.16. The van der Waals surface area contributed by atoms with Gasteiger partial charge in [-0.1, -0.05) is 11.6 Å². The van der Waals surface area contributed by atoms with Gasteiger partial charge in [-0.15, -0.1) is 10.2 Å². The predicted octanol–water partition coefficient (Wildman–Crippen LogP) is 2.80. The van der Waals surface area contributed by atoms with Crippen molar-refractivity contribution in [3.05, 3.63) is 29.4 Å². The van der Waals surface area contributed by atoms with Gasteiger partial charge in [-0.25, -0.2) is 4.98 Å². The molecule has 1 saturated heterocycles. The van der Waals surface area contributed by atoms with Crippen LogP contribution in [0.2, 0.25) is 5.02 Å². The van der Waals surface area contributed by atoms with Gasteiger partial charge in [0.1, 0.15) is 0 Å². The zero-order valence-corrected chi connectivity index (χ0v) is 12.0. The van der Waals surface area contributed by atoms with Crippen molar-refractivity contribution in [2.45, 2.75) is 12.8 Å².